The van der Waals surface area contributed by atoms with Crippen molar-refractivity contribution in [2.75, 3.05) is 0 Å². The second-order valence-corrected chi connectivity index (χ2v) is 20.0. The van der Waals surface area contributed by atoms with Crippen LogP contribution in [-0.2, 0) is 16.2 Å². The molecule has 0 N–H and O–H groups in total. The van der Waals surface area contributed by atoms with E-state index in [9.17, 15) is 0 Å². The topological polar surface area (TPSA) is 0 Å². The highest BCUT2D eigenvalue weighted by Gasteiger charge is 2.44. The molecule has 0 heteroatoms. The molecule has 3 aliphatic rings. The van der Waals surface area contributed by atoms with Crippen LogP contribution in [0.15, 0.2) is 182 Å². The number of fused-ring (bicyclic) bond motifs is 13. The molecule has 0 saturated carbocycles. The minimum atomic E-state index is -0.153. The van der Waals surface area contributed by atoms with Gasteiger partial charge in [0.15, 0.2) is 0 Å². The standard InChI is InChI=1S/C63H48/c1-61(2)51-25-14-13-23-48(51)59-53(61)32-33-54-60(59)49-30-26-39(35-56(49)63(54,5)6)38-28-31-52-50(34-38)42-29-27-40(36-55(42)62(52,3)4)57-44-19-9-11-21-46(44)58(47-22-12-10-20-45(47)57)43-24-15-17-37-16-7-8-18-41(37)43/h7-36H,1-6H3. The molecule has 10 aromatic rings. The molecule has 13 rings (SSSR count). The van der Waals surface area contributed by atoms with Gasteiger partial charge in [0.2, 0.25) is 0 Å². The van der Waals surface area contributed by atoms with Crippen LogP contribution in [0.3, 0.4) is 0 Å². The normalized spacial score (nSPS) is 15.5. The van der Waals surface area contributed by atoms with Crippen LogP contribution in [-0.4, -0.2) is 0 Å². The average molecular weight is 805 g/mol. The molecule has 0 aromatic heterocycles. The van der Waals surface area contributed by atoms with E-state index in [4.69, 9.17) is 0 Å². The van der Waals surface area contributed by atoms with E-state index < -0.39 is 0 Å². The Morgan fingerprint density at radius 3 is 1.38 bits per heavy atom. The molecule has 63 heavy (non-hydrogen) atoms. The molecule has 0 saturated heterocycles. The van der Waals surface area contributed by atoms with Crippen LogP contribution in [0.2, 0.25) is 0 Å². The third-order valence-electron chi connectivity index (χ3n) is 15.7. The van der Waals surface area contributed by atoms with E-state index in [0.717, 1.165) is 0 Å². The Morgan fingerprint density at radius 1 is 0.238 bits per heavy atom. The van der Waals surface area contributed by atoms with Crippen molar-refractivity contribution in [3.63, 3.8) is 0 Å². The van der Waals surface area contributed by atoms with E-state index in [-0.39, 0.29) is 16.2 Å². The lowest BCUT2D eigenvalue weighted by Crippen LogP contribution is -2.17. The van der Waals surface area contributed by atoms with Crippen molar-refractivity contribution in [1.29, 1.82) is 0 Å². The summed E-state index contributed by atoms with van der Waals surface area (Å²) in [5.41, 5.74) is 24.3. The lowest BCUT2D eigenvalue weighted by Gasteiger charge is -2.24. The molecule has 0 radical (unpaired) electrons. The molecule has 0 unspecified atom stereocenters. The Morgan fingerprint density at radius 2 is 0.667 bits per heavy atom. The quantitative estimate of drug-likeness (QED) is 0.156. The summed E-state index contributed by atoms with van der Waals surface area (Å²) >= 11 is 0. The van der Waals surface area contributed by atoms with Crippen molar-refractivity contribution < 1.29 is 0 Å². The largest absolute Gasteiger partial charge is 0.0619 e. The highest BCUT2D eigenvalue weighted by molar-refractivity contribution is 6.23. The zero-order valence-electron chi connectivity index (χ0n) is 36.8. The van der Waals surface area contributed by atoms with E-state index >= 15 is 0 Å². The summed E-state index contributed by atoms with van der Waals surface area (Å²) in [6.45, 7) is 14.4. The van der Waals surface area contributed by atoms with Gasteiger partial charge in [0.1, 0.15) is 0 Å². The molecule has 0 fully saturated rings. The van der Waals surface area contributed by atoms with Gasteiger partial charge >= 0.3 is 0 Å². The minimum absolute atomic E-state index is 0.0205. The van der Waals surface area contributed by atoms with Gasteiger partial charge in [-0.15, -0.1) is 0 Å². The Bertz CT molecular complexity index is 3580. The molecule has 0 spiro atoms. The lowest BCUT2D eigenvalue weighted by atomic mass is 9.79. The Balaban J connectivity index is 0.940. The lowest BCUT2D eigenvalue weighted by molar-refractivity contribution is 0.651. The smallest absolute Gasteiger partial charge is 0.0159 e. The van der Waals surface area contributed by atoms with Crippen LogP contribution >= 0.6 is 0 Å². The van der Waals surface area contributed by atoms with Crippen molar-refractivity contribution in [3.8, 4) is 66.8 Å². The van der Waals surface area contributed by atoms with Crippen LogP contribution in [0, 0.1) is 0 Å². The van der Waals surface area contributed by atoms with Gasteiger partial charge in [-0.25, -0.2) is 0 Å². The molecule has 0 atom stereocenters. The van der Waals surface area contributed by atoms with Crippen molar-refractivity contribution in [1.82, 2.24) is 0 Å². The summed E-state index contributed by atoms with van der Waals surface area (Å²) in [6.07, 6.45) is 0. The summed E-state index contributed by atoms with van der Waals surface area (Å²) in [5.74, 6) is 0. The van der Waals surface area contributed by atoms with Crippen molar-refractivity contribution in [2.45, 2.75) is 57.8 Å². The maximum absolute atomic E-state index is 2.51. The monoisotopic (exact) mass is 804 g/mol. The average Bonchev–Trinajstić information content (AvgIpc) is 3.79. The number of benzene rings is 10. The zero-order valence-corrected chi connectivity index (χ0v) is 36.8. The fourth-order valence-electron chi connectivity index (χ4n) is 12.5. The maximum atomic E-state index is 2.51. The van der Waals surface area contributed by atoms with Gasteiger partial charge in [-0.2, -0.15) is 0 Å². The molecule has 10 aromatic carbocycles. The summed E-state index contributed by atoms with van der Waals surface area (Å²) < 4.78 is 0. The Labute approximate surface area is 370 Å². The highest BCUT2D eigenvalue weighted by Crippen LogP contribution is 2.60. The van der Waals surface area contributed by atoms with Gasteiger partial charge in [0.05, 0.1) is 0 Å². The molecule has 300 valence electrons. The second kappa shape index (κ2) is 12.6. The first-order valence-electron chi connectivity index (χ1n) is 22.7. The highest BCUT2D eigenvalue weighted by atomic mass is 14.5. The van der Waals surface area contributed by atoms with E-state index in [1.807, 2.05) is 0 Å². The molecule has 0 bridgehead atoms. The summed E-state index contributed by atoms with van der Waals surface area (Å²) in [4.78, 5) is 0. The van der Waals surface area contributed by atoms with Gasteiger partial charge in [0.25, 0.3) is 0 Å². The zero-order chi connectivity index (χ0) is 42.6. The molecule has 3 aliphatic carbocycles. The fraction of sp³-hybridized carbons (Fsp3) is 0.143. The summed E-state index contributed by atoms with van der Waals surface area (Å²) in [6, 6.07) is 69.4. The van der Waals surface area contributed by atoms with Crippen molar-refractivity contribution >= 4 is 32.3 Å². The van der Waals surface area contributed by atoms with Crippen LogP contribution in [0.1, 0.15) is 74.9 Å². The predicted octanol–water partition coefficient (Wildman–Crippen LogP) is 17.1. The molecular weight excluding hydrogens is 757 g/mol. The number of hydrogen-bond acceptors (Lipinski definition) is 0. The van der Waals surface area contributed by atoms with Gasteiger partial charge in [0, 0.05) is 16.2 Å². The van der Waals surface area contributed by atoms with E-state index in [0.29, 0.717) is 0 Å². The molecule has 0 nitrogen and oxygen atoms in total. The van der Waals surface area contributed by atoms with E-state index in [1.54, 1.807) is 0 Å². The van der Waals surface area contributed by atoms with Crippen LogP contribution < -0.4 is 0 Å². The molecule has 0 amide bonds. The minimum Gasteiger partial charge on any atom is -0.0619 e. The van der Waals surface area contributed by atoms with Crippen LogP contribution in [0.4, 0.5) is 0 Å². The molecular formula is C63H48. The maximum Gasteiger partial charge on any atom is 0.0159 e. The van der Waals surface area contributed by atoms with Crippen LogP contribution in [0.25, 0.3) is 99.1 Å². The summed E-state index contributed by atoms with van der Waals surface area (Å²) in [7, 11) is 0. The first-order chi connectivity index (χ1) is 30.5. The van der Waals surface area contributed by atoms with E-state index in [2.05, 4.69) is 224 Å². The van der Waals surface area contributed by atoms with Gasteiger partial charge < -0.3 is 0 Å². The second-order valence-electron chi connectivity index (χ2n) is 20.0. The van der Waals surface area contributed by atoms with Crippen molar-refractivity contribution in [3.05, 3.63) is 215 Å². The van der Waals surface area contributed by atoms with Crippen molar-refractivity contribution in [2.24, 2.45) is 0 Å². The Kier molecular flexibility index (Phi) is 7.29. The Hall–Kier alpha value is -7.02. The predicted molar refractivity (Wildman–Crippen MR) is 268 cm³/mol. The first-order valence-corrected chi connectivity index (χ1v) is 22.7. The molecule has 0 heterocycles. The fourth-order valence-corrected chi connectivity index (χ4v) is 12.5. The first kappa shape index (κ1) is 36.6. The van der Waals surface area contributed by atoms with Gasteiger partial charge in [-0.1, -0.05) is 205 Å². The summed E-state index contributed by atoms with van der Waals surface area (Å²) in [5, 5.41) is 7.69. The van der Waals surface area contributed by atoms with E-state index in [1.165, 1.54) is 132 Å². The van der Waals surface area contributed by atoms with Gasteiger partial charge in [-0.05, 0) is 151 Å². The molecule has 0 aliphatic heterocycles. The SMILES string of the molecule is CC1(C)c2ccc(-c3ccc4c(c3)C(C)(C)c3ccc5c(c3-4)-c3ccccc3C5(C)C)cc2-c2ccc(-c3c4ccccc4c(-c4cccc5ccccc45)c4ccccc34)cc21. The number of rotatable bonds is 3. The van der Waals surface area contributed by atoms with Gasteiger partial charge in [-0.3, -0.25) is 0 Å². The van der Waals surface area contributed by atoms with Crippen LogP contribution in [0.5, 0.6) is 0 Å². The number of hydrogen-bond donors (Lipinski definition) is 0. The third kappa shape index (κ3) is 4.82. The third-order valence-corrected chi connectivity index (χ3v) is 15.7.